The molecule has 5 nitrogen and oxygen atoms in total. The van der Waals surface area contributed by atoms with Crippen LogP contribution in [0.3, 0.4) is 0 Å². The largest absolute Gasteiger partial charge is 0.397 e. The predicted octanol–water partition coefficient (Wildman–Crippen LogP) is 3.16. The first kappa shape index (κ1) is 11.6. The van der Waals surface area contributed by atoms with Gasteiger partial charge < -0.3 is 5.73 Å². The maximum absolute atomic E-state index is 5.94. The second kappa shape index (κ2) is 4.39. The molecular formula is C13H9N5S2. The summed E-state index contributed by atoms with van der Waals surface area (Å²) < 4.78 is 1.77. The minimum absolute atomic E-state index is 0.748. The Morgan fingerprint density at radius 3 is 2.65 bits per heavy atom. The maximum atomic E-state index is 5.94. The van der Waals surface area contributed by atoms with Crippen LogP contribution in [0.1, 0.15) is 0 Å². The third kappa shape index (κ3) is 1.71. The number of benzene rings is 1. The van der Waals surface area contributed by atoms with Crippen molar-refractivity contribution < 1.29 is 0 Å². The molecule has 0 aliphatic rings. The molecule has 98 valence electrons. The van der Waals surface area contributed by atoms with E-state index in [1.54, 1.807) is 15.9 Å². The summed E-state index contributed by atoms with van der Waals surface area (Å²) in [5.74, 6) is 0.748. The Hall–Kier alpha value is -2.25. The lowest BCUT2D eigenvalue weighted by Gasteiger charge is -1.95. The molecule has 0 amide bonds. The molecular weight excluding hydrogens is 290 g/mol. The van der Waals surface area contributed by atoms with Crippen LogP contribution in [-0.2, 0) is 0 Å². The van der Waals surface area contributed by atoms with Crippen molar-refractivity contribution in [1.82, 2.24) is 19.8 Å². The highest BCUT2D eigenvalue weighted by molar-refractivity contribution is 7.24. The molecule has 0 aliphatic carbocycles. The lowest BCUT2D eigenvalue weighted by Crippen LogP contribution is -1.91. The summed E-state index contributed by atoms with van der Waals surface area (Å²) in [6.07, 6.45) is 0. The van der Waals surface area contributed by atoms with Crippen LogP contribution in [0, 0.1) is 0 Å². The van der Waals surface area contributed by atoms with Crippen molar-refractivity contribution in [3.63, 3.8) is 0 Å². The van der Waals surface area contributed by atoms with Crippen LogP contribution in [0.5, 0.6) is 0 Å². The molecule has 1 aromatic carbocycles. The molecule has 0 fully saturated rings. The number of nitrogen functional groups attached to an aromatic ring is 1. The molecule has 0 aliphatic heterocycles. The number of fused-ring (bicyclic) bond motifs is 1. The Labute approximate surface area is 122 Å². The molecule has 4 aromatic rings. The third-order valence-corrected chi connectivity index (χ3v) is 4.90. The van der Waals surface area contributed by atoms with Crippen molar-refractivity contribution >= 4 is 33.3 Å². The molecule has 4 rings (SSSR count). The zero-order valence-corrected chi connectivity index (χ0v) is 11.9. The molecule has 2 N–H and O–H groups in total. The van der Waals surface area contributed by atoms with E-state index in [-0.39, 0.29) is 0 Å². The van der Waals surface area contributed by atoms with Gasteiger partial charge in [0.2, 0.25) is 4.96 Å². The highest BCUT2D eigenvalue weighted by atomic mass is 32.1. The van der Waals surface area contributed by atoms with E-state index in [1.165, 1.54) is 11.3 Å². The van der Waals surface area contributed by atoms with E-state index >= 15 is 0 Å². The van der Waals surface area contributed by atoms with Gasteiger partial charge in [-0.1, -0.05) is 41.7 Å². The number of anilines is 1. The van der Waals surface area contributed by atoms with Gasteiger partial charge in [-0.05, 0) is 11.4 Å². The Morgan fingerprint density at radius 2 is 1.90 bits per heavy atom. The van der Waals surface area contributed by atoms with Crippen LogP contribution in [0.2, 0.25) is 0 Å². The van der Waals surface area contributed by atoms with Gasteiger partial charge in [0.15, 0.2) is 10.8 Å². The smallest absolute Gasteiger partial charge is 0.235 e. The van der Waals surface area contributed by atoms with E-state index in [2.05, 4.69) is 15.3 Å². The Bertz CT molecular complexity index is 875. The summed E-state index contributed by atoms with van der Waals surface area (Å²) in [5, 5.41) is 15.8. The zero-order chi connectivity index (χ0) is 13.5. The summed E-state index contributed by atoms with van der Waals surface area (Å²) >= 11 is 3.08. The van der Waals surface area contributed by atoms with E-state index in [0.29, 0.717) is 0 Å². The quantitative estimate of drug-likeness (QED) is 0.617. The lowest BCUT2D eigenvalue weighted by atomic mass is 10.2. The summed E-state index contributed by atoms with van der Waals surface area (Å²) in [7, 11) is 0. The number of aromatic nitrogens is 4. The van der Waals surface area contributed by atoms with E-state index in [0.717, 1.165) is 31.9 Å². The van der Waals surface area contributed by atoms with Crippen molar-refractivity contribution in [2.75, 3.05) is 5.73 Å². The summed E-state index contributed by atoms with van der Waals surface area (Å²) in [6, 6.07) is 11.8. The topological polar surface area (TPSA) is 69.1 Å². The SMILES string of the molecule is Nc1ccsc1-c1nn2c(-c3ccccc3)nnc2s1. The molecule has 0 spiro atoms. The van der Waals surface area contributed by atoms with Gasteiger partial charge in [0.25, 0.3) is 0 Å². The molecule has 0 radical (unpaired) electrons. The first-order chi connectivity index (χ1) is 9.83. The highest BCUT2D eigenvalue weighted by Crippen LogP contribution is 2.35. The van der Waals surface area contributed by atoms with E-state index in [4.69, 9.17) is 5.73 Å². The van der Waals surface area contributed by atoms with E-state index in [1.807, 2.05) is 41.8 Å². The number of nitrogens with zero attached hydrogens (tertiary/aromatic N) is 4. The summed E-state index contributed by atoms with van der Waals surface area (Å²) in [6.45, 7) is 0. The number of hydrogen-bond donors (Lipinski definition) is 1. The zero-order valence-electron chi connectivity index (χ0n) is 10.2. The molecule has 7 heteroatoms. The number of thiophene rings is 1. The Kier molecular flexibility index (Phi) is 2.54. The Balaban J connectivity index is 1.90. The molecule has 0 saturated carbocycles. The van der Waals surface area contributed by atoms with Gasteiger partial charge in [-0.15, -0.1) is 21.5 Å². The first-order valence-electron chi connectivity index (χ1n) is 5.94. The van der Waals surface area contributed by atoms with Gasteiger partial charge in [-0.25, -0.2) is 0 Å². The molecule has 20 heavy (non-hydrogen) atoms. The van der Waals surface area contributed by atoms with Crippen molar-refractivity contribution in [1.29, 1.82) is 0 Å². The van der Waals surface area contributed by atoms with E-state index < -0.39 is 0 Å². The highest BCUT2D eigenvalue weighted by Gasteiger charge is 2.16. The van der Waals surface area contributed by atoms with Crippen LogP contribution >= 0.6 is 22.7 Å². The lowest BCUT2D eigenvalue weighted by molar-refractivity contribution is 0.972. The van der Waals surface area contributed by atoms with Crippen molar-refractivity contribution in [3.05, 3.63) is 41.8 Å². The van der Waals surface area contributed by atoms with E-state index in [9.17, 15) is 0 Å². The molecule has 0 unspecified atom stereocenters. The van der Waals surface area contributed by atoms with Gasteiger partial charge in [0.05, 0.1) is 10.6 Å². The van der Waals surface area contributed by atoms with Crippen LogP contribution in [-0.4, -0.2) is 19.8 Å². The predicted molar refractivity (Wildman–Crippen MR) is 81.8 cm³/mol. The van der Waals surface area contributed by atoms with Crippen LogP contribution in [0.15, 0.2) is 41.8 Å². The fourth-order valence-corrected chi connectivity index (χ4v) is 3.74. The molecule has 3 aromatic heterocycles. The van der Waals surface area contributed by atoms with Gasteiger partial charge in [-0.2, -0.15) is 9.61 Å². The van der Waals surface area contributed by atoms with Crippen LogP contribution in [0.4, 0.5) is 5.69 Å². The minimum Gasteiger partial charge on any atom is -0.397 e. The van der Waals surface area contributed by atoms with Crippen LogP contribution in [0.25, 0.3) is 26.2 Å². The number of hydrogen-bond acceptors (Lipinski definition) is 6. The van der Waals surface area contributed by atoms with Crippen molar-refractivity contribution in [2.24, 2.45) is 0 Å². The third-order valence-electron chi connectivity index (χ3n) is 2.91. The summed E-state index contributed by atoms with van der Waals surface area (Å²) in [5.41, 5.74) is 7.69. The van der Waals surface area contributed by atoms with Gasteiger partial charge in [0.1, 0.15) is 0 Å². The maximum Gasteiger partial charge on any atom is 0.235 e. The normalized spacial score (nSPS) is 11.2. The average Bonchev–Trinajstić information content (AvgIpc) is 3.13. The van der Waals surface area contributed by atoms with Crippen LogP contribution < -0.4 is 5.73 Å². The second-order valence-electron chi connectivity index (χ2n) is 4.20. The molecule has 3 heterocycles. The monoisotopic (exact) mass is 299 g/mol. The molecule has 0 atom stereocenters. The second-order valence-corrected chi connectivity index (χ2v) is 6.07. The minimum atomic E-state index is 0.748. The standard InChI is InChI=1S/C13H9N5S2/c14-9-6-7-19-10(9)12-17-18-11(15-16-13(18)20-12)8-4-2-1-3-5-8/h1-7H,14H2. The Morgan fingerprint density at radius 1 is 1.05 bits per heavy atom. The molecule has 0 saturated heterocycles. The molecule has 0 bridgehead atoms. The number of rotatable bonds is 2. The summed E-state index contributed by atoms with van der Waals surface area (Å²) in [4.78, 5) is 1.76. The van der Waals surface area contributed by atoms with Gasteiger partial charge >= 0.3 is 0 Å². The number of nitrogens with two attached hydrogens (primary N) is 1. The van der Waals surface area contributed by atoms with Crippen molar-refractivity contribution in [3.8, 4) is 21.3 Å². The fourth-order valence-electron chi connectivity index (χ4n) is 1.97. The first-order valence-corrected chi connectivity index (χ1v) is 7.63. The van der Waals surface area contributed by atoms with Crippen molar-refractivity contribution in [2.45, 2.75) is 0 Å². The van der Waals surface area contributed by atoms with Gasteiger partial charge in [-0.3, -0.25) is 0 Å². The fraction of sp³-hybridized carbons (Fsp3) is 0. The average molecular weight is 299 g/mol. The van der Waals surface area contributed by atoms with Gasteiger partial charge in [0, 0.05) is 5.56 Å².